The van der Waals surface area contributed by atoms with Crippen molar-refractivity contribution < 1.29 is 22.6 Å². The molecule has 3 rings (SSSR count). The molecule has 0 unspecified atom stereocenters. The summed E-state index contributed by atoms with van der Waals surface area (Å²) in [5, 5.41) is 9.11. The van der Waals surface area contributed by atoms with E-state index in [-0.39, 0.29) is 22.9 Å². The lowest BCUT2D eigenvalue weighted by molar-refractivity contribution is -0.138. The predicted octanol–water partition coefficient (Wildman–Crippen LogP) is 5.24. The summed E-state index contributed by atoms with van der Waals surface area (Å²) in [5.41, 5.74) is -1.55. The fraction of sp³-hybridized carbons (Fsp3) is 0.143. The lowest BCUT2D eigenvalue weighted by Crippen LogP contribution is -2.25. The maximum Gasteiger partial charge on any atom is 0.420 e. The first-order valence-corrected chi connectivity index (χ1v) is 8.92. The SMILES string of the molecule is COc1ccccc1Cn1ccc(C(F)(F)F)c(Oc2cc(Cl)cc(C#N)c2)c1=O. The number of benzene rings is 2. The van der Waals surface area contributed by atoms with Gasteiger partial charge in [0.2, 0.25) is 5.75 Å². The van der Waals surface area contributed by atoms with Crippen molar-refractivity contribution in [3.05, 3.63) is 86.8 Å². The van der Waals surface area contributed by atoms with Gasteiger partial charge in [-0.2, -0.15) is 18.4 Å². The van der Waals surface area contributed by atoms with Crippen molar-refractivity contribution in [3.8, 4) is 23.3 Å². The molecule has 0 amide bonds. The molecule has 0 aliphatic carbocycles. The number of para-hydroxylation sites is 1. The van der Waals surface area contributed by atoms with Crippen LogP contribution >= 0.6 is 11.6 Å². The van der Waals surface area contributed by atoms with Crippen LogP contribution < -0.4 is 15.0 Å². The van der Waals surface area contributed by atoms with Crippen molar-refractivity contribution in [2.24, 2.45) is 0 Å². The number of aromatic nitrogens is 1. The second-order valence-electron chi connectivity index (χ2n) is 6.19. The summed E-state index contributed by atoms with van der Waals surface area (Å²) in [5.74, 6) is -0.581. The standard InChI is InChI=1S/C21H14ClF3N2O3/c1-29-18-5-3-2-4-14(18)12-27-7-6-17(21(23,24)25)19(20(27)28)30-16-9-13(11-26)8-15(22)10-16/h2-10H,12H2,1H3. The fourth-order valence-electron chi connectivity index (χ4n) is 2.82. The van der Waals surface area contributed by atoms with Gasteiger partial charge >= 0.3 is 6.18 Å². The van der Waals surface area contributed by atoms with Crippen LogP contribution in [-0.2, 0) is 12.7 Å². The van der Waals surface area contributed by atoms with E-state index in [1.165, 1.54) is 25.3 Å². The maximum absolute atomic E-state index is 13.5. The monoisotopic (exact) mass is 434 g/mol. The van der Waals surface area contributed by atoms with Gasteiger partial charge in [0.25, 0.3) is 5.56 Å². The molecule has 154 valence electrons. The van der Waals surface area contributed by atoms with E-state index >= 15 is 0 Å². The molecular weight excluding hydrogens is 421 g/mol. The summed E-state index contributed by atoms with van der Waals surface area (Å²) >= 11 is 5.89. The zero-order valence-electron chi connectivity index (χ0n) is 15.5. The molecule has 0 bridgehead atoms. The minimum absolute atomic E-state index is 0.0314. The second-order valence-corrected chi connectivity index (χ2v) is 6.63. The van der Waals surface area contributed by atoms with E-state index in [0.29, 0.717) is 11.3 Å². The lowest BCUT2D eigenvalue weighted by Gasteiger charge is -2.16. The van der Waals surface area contributed by atoms with Crippen LogP contribution in [0.5, 0.6) is 17.2 Å². The van der Waals surface area contributed by atoms with Crippen molar-refractivity contribution in [3.63, 3.8) is 0 Å². The van der Waals surface area contributed by atoms with Crippen LogP contribution in [-0.4, -0.2) is 11.7 Å². The number of pyridine rings is 1. The second kappa shape index (κ2) is 8.51. The third kappa shape index (κ3) is 4.58. The van der Waals surface area contributed by atoms with E-state index < -0.39 is 23.0 Å². The zero-order chi connectivity index (χ0) is 21.9. The van der Waals surface area contributed by atoms with Gasteiger partial charge in [0.05, 0.1) is 25.3 Å². The van der Waals surface area contributed by atoms with E-state index in [4.69, 9.17) is 26.3 Å². The van der Waals surface area contributed by atoms with E-state index in [1.807, 2.05) is 6.07 Å². The van der Waals surface area contributed by atoms with Crippen molar-refractivity contribution >= 4 is 11.6 Å². The molecule has 30 heavy (non-hydrogen) atoms. The first kappa shape index (κ1) is 21.3. The lowest BCUT2D eigenvalue weighted by atomic mass is 10.2. The van der Waals surface area contributed by atoms with Gasteiger partial charge in [0, 0.05) is 16.8 Å². The Morgan fingerprint density at radius 2 is 1.90 bits per heavy atom. The van der Waals surface area contributed by atoms with Gasteiger partial charge in [-0.15, -0.1) is 0 Å². The van der Waals surface area contributed by atoms with Crippen LogP contribution in [0.1, 0.15) is 16.7 Å². The van der Waals surface area contributed by atoms with Crippen LogP contribution in [0.2, 0.25) is 5.02 Å². The minimum atomic E-state index is -4.82. The Bertz CT molecular complexity index is 1180. The molecule has 0 fully saturated rings. The highest BCUT2D eigenvalue weighted by molar-refractivity contribution is 6.30. The Hall–Kier alpha value is -3.44. The molecule has 0 aliphatic rings. The van der Waals surface area contributed by atoms with Crippen molar-refractivity contribution in [2.75, 3.05) is 7.11 Å². The van der Waals surface area contributed by atoms with Gasteiger partial charge < -0.3 is 14.0 Å². The van der Waals surface area contributed by atoms with Crippen LogP contribution in [0.25, 0.3) is 0 Å². The summed E-state index contributed by atoms with van der Waals surface area (Å²) < 4.78 is 52.1. The third-order valence-electron chi connectivity index (χ3n) is 4.18. The highest BCUT2D eigenvalue weighted by atomic mass is 35.5. The largest absolute Gasteiger partial charge is 0.496 e. The molecule has 0 spiro atoms. The van der Waals surface area contributed by atoms with Crippen molar-refractivity contribution in [2.45, 2.75) is 12.7 Å². The Labute approximate surface area is 174 Å². The van der Waals surface area contributed by atoms with E-state index in [0.717, 1.165) is 16.8 Å². The summed E-state index contributed by atoms with van der Waals surface area (Å²) in [6, 6.07) is 13.2. The Kier molecular flexibility index (Phi) is 6.04. The van der Waals surface area contributed by atoms with Gasteiger partial charge in [-0.3, -0.25) is 4.79 Å². The highest BCUT2D eigenvalue weighted by Crippen LogP contribution is 2.36. The van der Waals surface area contributed by atoms with Gasteiger partial charge in [-0.25, -0.2) is 0 Å². The summed E-state index contributed by atoms with van der Waals surface area (Å²) in [7, 11) is 1.45. The topological polar surface area (TPSA) is 64.2 Å². The van der Waals surface area contributed by atoms with E-state index in [1.54, 1.807) is 24.3 Å². The number of methoxy groups -OCH3 is 1. The maximum atomic E-state index is 13.5. The Morgan fingerprint density at radius 3 is 2.57 bits per heavy atom. The molecule has 0 saturated heterocycles. The molecule has 0 radical (unpaired) electrons. The minimum Gasteiger partial charge on any atom is -0.496 e. The van der Waals surface area contributed by atoms with Gasteiger partial charge in [0.15, 0.2) is 0 Å². The van der Waals surface area contributed by atoms with E-state index in [2.05, 4.69) is 0 Å². The number of hydrogen-bond donors (Lipinski definition) is 0. The number of rotatable bonds is 5. The smallest absolute Gasteiger partial charge is 0.420 e. The highest BCUT2D eigenvalue weighted by Gasteiger charge is 2.36. The molecule has 1 aromatic heterocycles. The van der Waals surface area contributed by atoms with Crippen molar-refractivity contribution in [1.29, 1.82) is 5.26 Å². The van der Waals surface area contributed by atoms with Gasteiger partial charge in [0.1, 0.15) is 17.1 Å². The molecule has 9 heteroatoms. The average molecular weight is 435 g/mol. The molecular formula is C21H14ClF3N2O3. The number of nitriles is 1. The molecule has 0 atom stereocenters. The van der Waals surface area contributed by atoms with E-state index in [9.17, 15) is 18.0 Å². The van der Waals surface area contributed by atoms with Gasteiger partial charge in [-0.05, 0) is 30.3 Å². The third-order valence-corrected chi connectivity index (χ3v) is 4.40. The number of hydrogen-bond acceptors (Lipinski definition) is 4. The predicted molar refractivity (Wildman–Crippen MR) is 104 cm³/mol. The average Bonchev–Trinajstić information content (AvgIpc) is 2.70. The molecule has 5 nitrogen and oxygen atoms in total. The van der Waals surface area contributed by atoms with Crippen LogP contribution in [0, 0.1) is 11.3 Å². The van der Waals surface area contributed by atoms with Crippen molar-refractivity contribution in [1.82, 2.24) is 4.57 Å². The first-order chi connectivity index (χ1) is 14.2. The number of halogens is 4. The number of alkyl halides is 3. The molecule has 3 aromatic rings. The van der Waals surface area contributed by atoms with Crippen LogP contribution in [0.3, 0.4) is 0 Å². The summed E-state index contributed by atoms with van der Waals surface area (Å²) in [6.07, 6.45) is -3.78. The normalized spacial score (nSPS) is 11.1. The molecule has 2 aromatic carbocycles. The molecule has 1 heterocycles. The summed E-state index contributed by atoms with van der Waals surface area (Å²) in [4.78, 5) is 12.9. The number of ether oxygens (including phenoxy) is 2. The van der Waals surface area contributed by atoms with Crippen LogP contribution in [0.15, 0.2) is 59.5 Å². The van der Waals surface area contributed by atoms with Gasteiger partial charge in [-0.1, -0.05) is 29.8 Å². The quantitative estimate of drug-likeness (QED) is 0.550. The zero-order valence-corrected chi connectivity index (χ0v) is 16.3. The molecule has 0 aliphatic heterocycles. The Morgan fingerprint density at radius 1 is 1.17 bits per heavy atom. The number of nitrogens with zero attached hydrogens (tertiary/aromatic N) is 2. The molecule has 0 N–H and O–H groups in total. The summed E-state index contributed by atoms with van der Waals surface area (Å²) in [6.45, 7) is -0.0314. The Balaban J connectivity index is 2.10. The first-order valence-electron chi connectivity index (χ1n) is 8.54. The fourth-order valence-corrected chi connectivity index (χ4v) is 3.05. The van der Waals surface area contributed by atoms with Crippen LogP contribution in [0.4, 0.5) is 13.2 Å². The molecule has 0 saturated carbocycles.